The Morgan fingerprint density at radius 2 is 1.85 bits per heavy atom. The fourth-order valence-electron chi connectivity index (χ4n) is 3.57. The SMILES string of the molecule is Cc1ccc(C2c3ccsc3CCN2C(=O)C(Cl)c2ccccc2)cc1. The lowest BCUT2D eigenvalue weighted by molar-refractivity contribution is -0.133. The van der Waals surface area contributed by atoms with Gasteiger partial charge in [0.25, 0.3) is 0 Å². The summed E-state index contributed by atoms with van der Waals surface area (Å²) in [6.45, 7) is 2.77. The zero-order valence-electron chi connectivity index (χ0n) is 14.6. The van der Waals surface area contributed by atoms with E-state index >= 15 is 0 Å². The van der Waals surface area contributed by atoms with E-state index in [1.165, 1.54) is 16.0 Å². The Hall–Kier alpha value is -2.10. The summed E-state index contributed by atoms with van der Waals surface area (Å²) in [7, 11) is 0. The van der Waals surface area contributed by atoms with Crippen LogP contribution in [-0.4, -0.2) is 17.4 Å². The van der Waals surface area contributed by atoms with E-state index in [1.807, 2.05) is 35.2 Å². The molecule has 2 nitrogen and oxygen atoms in total. The number of amides is 1. The summed E-state index contributed by atoms with van der Waals surface area (Å²) in [5.41, 5.74) is 4.43. The number of benzene rings is 2. The van der Waals surface area contributed by atoms with Gasteiger partial charge in [0.1, 0.15) is 5.38 Å². The number of halogens is 1. The van der Waals surface area contributed by atoms with E-state index in [4.69, 9.17) is 11.6 Å². The molecule has 2 aromatic carbocycles. The summed E-state index contributed by atoms with van der Waals surface area (Å²) in [4.78, 5) is 16.6. The third-order valence-corrected chi connectivity index (χ3v) is 6.39. The molecule has 2 heterocycles. The van der Waals surface area contributed by atoms with E-state index in [1.54, 1.807) is 11.3 Å². The lowest BCUT2D eigenvalue weighted by Crippen LogP contribution is -2.41. The van der Waals surface area contributed by atoms with Gasteiger partial charge in [-0.15, -0.1) is 22.9 Å². The maximum Gasteiger partial charge on any atom is 0.245 e. The zero-order chi connectivity index (χ0) is 18.1. The summed E-state index contributed by atoms with van der Waals surface area (Å²) < 4.78 is 0. The van der Waals surface area contributed by atoms with E-state index in [0.29, 0.717) is 6.54 Å². The van der Waals surface area contributed by atoms with Crippen molar-refractivity contribution in [1.82, 2.24) is 4.90 Å². The number of hydrogen-bond donors (Lipinski definition) is 0. The zero-order valence-corrected chi connectivity index (χ0v) is 16.1. The predicted octanol–water partition coefficient (Wildman–Crippen LogP) is 5.51. The quantitative estimate of drug-likeness (QED) is 0.548. The number of nitrogens with zero attached hydrogens (tertiary/aromatic N) is 1. The standard InChI is InChI=1S/C22H20ClNOS/c1-15-7-9-17(10-8-15)21-18-12-14-26-19(18)11-13-24(21)22(25)20(23)16-5-3-2-4-6-16/h2-10,12,14,20-21H,11,13H2,1H3. The summed E-state index contributed by atoms with van der Waals surface area (Å²) in [5.74, 6) is -0.0275. The number of hydrogen-bond acceptors (Lipinski definition) is 2. The molecule has 0 saturated carbocycles. The van der Waals surface area contributed by atoms with Gasteiger partial charge in [-0.1, -0.05) is 60.2 Å². The Morgan fingerprint density at radius 1 is 1.12 bits per heavy atom. The minimum Gasteiger partial charge on any atom is -0.330 e. The minimum atomic E-state index is -0.663. The number of fused-ring (bicyclic) bond motifs is 1. The molecule has 0 bridgehead atoms. The molecule has 1 aliphatic rings. The summed E-state index contributed by atoms with van der Waals surface area (Å²) in [5, 5.41) is 1.46. The summed E-state index contributed by atoms with van der Waals surface area (Å²) in [6, 6.07) is 20.1. The van der Waals surface area contributed by atoms with Crippen LogP contribution in [0.25, 0.3) is 0 Å². The van der Waals surface area contributed by atoms with Gasteiger partial charge in [0.2, 0.25) is 5.91 Å². The van der Waals surface area contributed by atoms with Crippen molar-refractivity contribution in [2.24, 2.45) is 0 Å². The van der Waals surface area contributed by atoms with Crippen molar-refractivity contribution in [1.29, 1.82) is 0 Å². The maximum absolute atomic E-state index is 13.3. The molecule has 0 spiro atoms. The van der Waals surface area contributed by atoms with Crippen LogP contribution in [0.15, 0.2) is 66.0 Å². The van der Waals surface area contributed by atoms with Gasteiger partial charge >= 0.3 is 0 Å². The van der Waals surface area contributed by atoms with Crippen molar-refractivity contribution in [3.05, 3.63) is 93.2 Å². The van der Waals surface area contributed by atoms with Gasteiger partial charge in [0.05, 0.1) is 6.04 Å². The molecule has 0 N–H and O–H groups in total. The van der Waals surface area contributed by atoms with Crippen LogP contribution in [-0.2, 0) is 11.2 Å². The van der Waals surface area contributed by atoms with Crippen molar-refractivity contribution in [2.45, 2.75) is 24.8 Å². The Bertz CT molecular complexity index is 903. The Kier molecular flexibility index (Phi) is 4.84. The Morgan fingerprint density at radius 3 is 2.58 bits per heavy atom. The number of aryl methyl sites for hydroxylation is 1. The molecule has 2 atom stereocenters. The van der Waals surface area contributed by atoms with Crippen molar-refractivity contribution < 1.29 is 4.79 Å². The van der Waals surface area contributed by atoms with Gasteiger partial charge in [-0.25, -0.2) is 0 Å². The van der Waals surface area contributed by atoms with Gasteiger partial charge in [-0.05, 0) is 41.5 Å². The van der Waals surface area contributed by atoms with Crippen LogP contribution in [0.3, 0.4) is 0 Å². The largest absolute Gasteiger partial charge is 0.330 e. The molecular weight excluding hydrogens is 362 g/mol. The second-order valence-corrected chi connectivity index (χ2v) is 8.10. The monoisotopic (exact) mass is 381 g/mol. The smallest absolute Gasteiger partial charge is 0.245 e. The van der Waals surface area contributed by atoms with Crippen molar-refractivity contribution in [2.75, 3.05) is 6.54 Å². The topological polar surface area (TPSA) is 20.3 Å². The predicted molar refractivity (Wildman–Crippen MR) is 108 cm³/mol. The van der Waals surface area contributed by atoms with Crippen molar-refractivity contribution in [3.8, 4) is 0 Å². The molecule has 1 aromatic heterocycles. The lowest BCUT2D eigenvalue weighted by atomic mass is 9.92. The van der Waals surface area contributed by atoms with Crippen molar-refractivity contribution >= 4 is 28.8 Å². The minimum absolute atomic E-state index is 0.0275. The third kappa shape index (κ3) is 3.17. The molecule has 1 amide bonds. The van der Waals surface area contributed by atoms with Gasteiger partial charge in [0.15, 0.2) is 0 Å². The first-order chi connectivity index (χ1) is 12.6. The molecule has 26 heavy (non-hydrogen) atoms. The molecule has 0 radical (unpaired) electrons. The summed E-state index contributed by atoms with van der Waals surface area (Å²) >= 11 is 8.35. The molecule has 4 heteroatoms. The van der Waals surface area contributed by atoms with Gasteiger partial charge in [0, 0.05) is 11.4 Å². The third-order valence-electron chi connectivity index (χ3n) is 4.95. The highest BCUT2D eigenvalue weighted by Crippen LogP contribution is 2.39. The van der Waals surface area contributed by atoms with Crippen LogP contribution < -0.4 is 0 Å². The molecular formula is C22H20ClNOS. The number of carbonyl (C=O) groups excluding carboxylic acids is 1. The first kappa shape index (κ1) is 17.3. The first-order valence-electron chi connectivity index (χ1n) is 8.77. The van der Waals surface area contributed by atoms with E-state index in [-0.39, 0.29) is 11.9 Å². The van der Waals surface area contributed by atoms with E-state index in [0.717, 1.165) is 17.5 Å². The van der Waals surface area contributed by atoms with Crippen LogP contribution in [0.1, 0.15) is 38.5 Å². The molecule has 3 aromatic rings. The fourth-order valence-corrected chi connectivity index (χ4v) is 4.75. The molecule has 0 aliphatic carbocycles. The van der Waals surface area contributed by atoms with Gasteiger partial charge in [-0.3, -0.25) is 4.79 Å². The van der Waals surface area contributed by atoms with Crippen LogP contribution in [0.2, 0.25) is 0 Å². The number of alkyl halides is 1. The molecule has 1 aliphatic heterocycles. The fraction of sp³-hybridized carbons (Fsp3) is 0.227. The average molecular weight is 382 g/mol. The van der Waals surface area contributed by atoms with Gasteiger partial charge < -0.3 is 4.90 Å². The van der Waals surface area contributed by atoms with E-state index in [9.17, 15) is 4.79 Å². The molecule has 4 rings (SSSR count). The van der Waals surface area contributed by atoms with Crippen LogP contribution >= 0.6 is 22.9 Å². The lowest BCUT2D eigenvalue weighted by Gasteiger charge is -2.37. The summed E-state index contributed by atoms with van der Waals surface area (Å²) in [6.07, 6.45) is 0.888. The van der Waals surface area contributed by atoms with Crippen LogP contribution in [0, 0.1) is 6.92 Å². The average Bonchev–Trinajstić information content (AvgIpc) is 3.16. The maximum atomic E-state index is 13.3. The molecule has 0 saturated heterocycles. The molecule has 2 unspecified atom stereocenters. The number of carbonyl (C=O) groups is 1. The second kappa shape index (κ2) is 7.26. The number of rotatable bonds is 3. The Labute approximate surface area is 163 Å². The molecule has 132 valence electrons. The first-order valence-corrected chi connectivity index (χ1v) is 10.1. The Balaban J connectivity index is 1.72. The van der Waals surface area contributed by atoms with Gasteiger partial charge in [-0.2, -0.15) is 0 Å². The highest BCUT2D eigenvalue weighted by molar-refractivity contribution is 7.10. The highest BCUT2D eigenvalue weighted by Gasteiger charge is 2.35. The van der Waals surface area contributed by atoms with Crippen LogP contribution in [0.4, 0.5) is 0 Å². The van der Waals surface area contributed by atoms with Crippen LogP contribution in [0.5, 0.6) is 0 Å². The molecule has 0 fully saturated rings. The van der Waals surface area contributed by atoms with E-state index < -0.39 is 5.38 Å². The van der Waals surface area contributed by atoms with Crippen molar-refractivity contribution in [3.63, 3.8) is 0 Å². The normalized spacial score (nSPS) is 17.6. The number of thiophene rings is 1. The second-order valence-electron chi connectivity index (χ2n) is 6.67. The highest BCUT2D eigenvalue weighted by atomic mass is 35.5. The van der Waals surface area contributed by atoms with E-state index in [2.05, 4.69) is 42.6 Å².